The van der Waals surface area contributed by atoms with Gasteiger partial charge in [-0.2, -0.15) is 0 Å². The summed E-state index contributed by atoms with van der Waals surface area (Å²) < 4.78 is 5.62. The first-order valence-corrected chi connectivity index (χ1v) is 11.1. The minimum Gasteiger partial charge on any atom is -0.496 e. The first-order valence-electron chi connectivity index (χ1n) is 10.8. The van der Waals surface area contributed by atoms with Crippen molar-refractivity contribution in [3.05, 3.63) is 82.9 Å². The maximum Gasteiger partial charge on any atom is 0.255 e. The second kappa shape index (κ2) is 10.2. The van der Waals surface area contributed by atoms with Gasteiger partial charge in [-0.1, -0.05) is 35.9 Å². The third kappa shape index (κ3) is 5.49. The van der Waals surface area contributed by atoms with E-state index < -0.39 is 0 Å². The standard InChI is InChI=1S/C26H28ClN3O2/c1-29-12-14-30(15-13-29)18-22-16-20(8-11-25(22)32-2)19-6-9-24(10-7-19)28-26(31)21-4-3-5-23(27)17-21/h3-11,16-17H,12-15,18H2,1-2H3,(H,28,31). The number of likely N-dealkylation sites (N-methyl/N-ethyl adjacent to an activating group) is 1. The van der Waals surface area contributed by atoms with Crippen molar-refractivity contribution in [3.8, 4) is 16.9 Å². The van der Waals surface area contributed by atoms with Gasteiger partial charge in [-0.3, -0.25) is 9.69 Å². The van der Waals surface area contributed by atoms with Gasteiger partial charge in [-0.05, 0) is 60.6 Å². The lowest BCUT2D eigenvalue weighted by atomic mass is 10.0. The van der Waals surface area contributed by atoms with Gasteiger partial charge >= 0.3 is 0 Å². The van der Waals surface area contributed by atoms with E-state index in [-0.39, 0.29) is 5.91 Å². The minimum atomic E-state index is -0.181. The highest BCUT2D eigenvalue weighted by atomic mass is 35.5. The van der Waals surface area contributed by atoms with Crippen LogP contribution < -0.4 is 10.1 Å². The van der Waals surface area contributed by atoms with Crippen LogP contribution in [-0.4, -0.2) is 56.0 Å². The van der Waals surface area contributed by atoms with E-state index in [2.05, 4.69) is 34.3 Å². The number of benzene rings is 3. The molecule has 1 saturated heterocycles. The summed E-state index contributed by atoms with van der Waals surface area (Å²) in [6, 6.07) is 21.1. The fourth-order valence-corrected chi connectivity index (χ4v) is 4.10. The summed E-state index contributed by atoms with van der Waals surface area (Å²) in [5.41, 5.74) is 4.68. The molecule has 1 fully saturated rings. The summed E-state index contributed by atoms with van der Waals surface area (Å²) in [5, 5.41) is 3.46. The van der Waals surface area contributed by atoms with E-state index in [4.69, 9.17) is 16.3 Å². The Morgan fingerprint density at radius 2 is 1.69 bits per heavy atom. The summed E-state index contributed by atoms with van der Waals surface area (Å²) in [4.78, 5) is 17.3. The zero-order valence-corrected chi connectivity index (χ0v) is 19.2. The monoisotopic (exact) mass is 449 g/mol. The number of methoxy groups -OCH3 is 1. The van der Waals surface area contributed by atoms with Gasteiger partial charge in [0.05, 0.1) is 7.11 Å². The minimum absolute atomic E-state index is 0.181. The Morgan fingerprint density at radius 1 is 0.969 bits per heavy atom. The number of anilines is 1. The van der Waals surface area contributed by atoms with E-state index in [9.17, 15) is 4.79 Å². The van der Waals surface area contributed by atoms with Gasteiger partial charge in [0, 0.05) is 54.6 Å². The molecule has 1 N–H and O–H groups in total. The molecule has 3 aromatic rings. The maximum atomic E-state index is 12.5. The molecule has 0 aromatic heterocycles. The quantitative estimate of drug-likeness (QED) is 0.574. The van der Waals surface area contributed by atoms with Crippen molar-refractivity contribution in [1.29, 1.82) is 0 Å². The molecule has 0 bridgehead atoms. The van der Waals surface area contributed by atoms with Gasteiger partial charge in [0.1, 0.15) is 5.75 Å². The molecule has 5 nitrogen and oxygen atoms in total. The first-order chi connectivity index (χ1) is 15.5. The number of amides is 1. The summed E-state index contributed by atoms with van der Waals surface area (Å²) in [6.07, 6.45) is 0. The number of halogens is 1. The number of carbonyl (C=O) groups excluding carboxylic acids is 1. The summed E-state index contributed by atoms with van der Waals surface area (Å²) in [6.45, 7) is 5.17. The number of nitrogens with zero attached hydrogens (tertiary/aromatic N) is 2. The number of ether oxygens (including phenoxy) is 1. The largest absolute Gasteiger partial charge is 0.496 e. The number of piperazine rings is 1. The van der Waals surface area contributed by atoms with E-state index in [0.717, 1.165) is 55.3 Å². The molecule has 1 heterocycles. The fraction of sp³-hybridized carbons (Fsp3) is 0.269. The maximum absolute atomic E-state index is 12.5. The van der Waals surface area contributed by atoms with Crippen LogP contribution in [0.2, 0.25) is 5.02 Å². The molecular weight excluding hydrogens is 422 g/mol. The van der Waals surface area contributed by atoms with Crippen molar-refractivity contribution >= 4 is 23.2 Å². The molecule has 0 unspecified atom stereocenters. The average molecular weight is 450 g/mol. The Bertz CT molecular complexity index is 1080. The van der Waals surface area contributed by atoms with Crippen molar-refractivity contribution < 1.29 is 9.53 Å². The molecule has 0 spiro atoms. The molecule has 32 heavy (non-hydrogen) atoms. The zero-order chi connectivity index (χ0) is 22.5. The second-order valence-corrected chi connectivity index (χ2v) is 8.58. The average Bonchev–Trinajstić information content (AvgIpc) is 2.81. The van der Waals surface area contributed by atoms with Gasteiger partial charge in [-0.15, -0.1) is 0 Å². The molecule has 1 amide bonds. The topological polar surface area (TPSA) is 44.8 Å². The predicted octanol–water partition coefficient (Wildman–Crippen LogP) is 5.02. The summed E-state index contributed by atoms with van der Waals surface area (Å²) in [5.74, 6) is 0.734. The lowest BCUT2D eigenvalue weighted by Gasteiger charge is -2.32. The van der Waals surface area contributed by atoms with Gasteiger partial charge in [0.2, 0.25) is 0 Å². The summed E-state index contributed by atoms with van der Waals surface area (Å²) >= 11 is 5.99. The Hall–Kier alpha value is -2.86. The molecule has 1 aliphatic rings. The lowest BCUT2D eigenvalue weighted by Crippen LogP contribution is -2.43. The van der Waals surface area contributed by atoms with Crippen LogP contribution in [0.1, 0.15) is 15.9 Å². The van der Waals surface area contributed by atoms with Crippen molar-refractivity contribution in [3.63, 3.8) is 0 Å². The van der Waals surface area contributed by atoms with Gasteiger partial charge in [0.15, 0.2) is 0 Å². The lowest BCUT2D eigenvalue weighted by molar-refractivity contribution is 0.102. The SMILES string of the molecule is COc1ccc(-c2ccc(NC(=O)c3cccc(Cl)c3)cc2)cc1CN1CCN(C)CC1. The third-order valence-electron chi connectivity index (χ3n) is 5.83. The highest BCUT2D eigenvalue weighted by molar-refractivity contribution is 6.31. The number of carbonyl (C=O) groups is 1. The molecule has 0 aliphatic carbocycles. The molecule has 4 rings (SSSR count). The first kappa shape index (κ1) is 22.3. The van der Waals surface area contributed by atoms with Crippen LogP contribution in [0.5, 0.6) is 5.75 Å². The predicted molar refractivity (Wildman–Crippen MR) is 131 cm³/mol. The van der Waals surface area contributed by atoms with Crippen LogP contribution in [0.15, 0.2) is 66.7 Å². The van der Waals surface area contributed by atoms with Gasteiger partial charge < -0.3 is 15.0 Å². The molecule has 3 aromatic carbocycles. The highest BCUT2D eigenvalue weighted by Crippen LogP contribution is 2.29. The smallest absolute Gasteiger partial charge is 0.255 e. The van der Waals surface area contributed by atoms with Crippen molar-refractivity contribution in [2.75, 3.05) is 45.7 Å². The number of rotatable bonds is 6. The normalized spacial score (nSPS) is 14.8. The number of nitrogens with one attached hydrogen (secondary N) is 1. The van der Waals surface area contributed by atoms with Crippen LogP contribution in [0, 0.1) is 0 Å². The van der Waals surface area contributed by atoms with Crippen molar-refractivity contribution in [2.24, 2.45) is 0 Å². The van der Waals surface area contributed by atoms with Crippen LogP contribution in [-0.2, 0) is 6.54 Å². The van der Waals surface area contributed by atoms with E-state index in [1.165, 1.54) is 5.56 Å². The van der Waals surface area contributed by atoms with Gasteiger partial charge in [-0.25, -0.2) is 0 Å². The Kier molecular flexibility index (Phi) is 7.10. The molecular formula is C26H28ClN3O2. The van der Waals surface area contributed by atoms with E-state index in [0.29, 0.717) is 10.6 Å². The van der Waals surface area contributed by atoms with E-state index in [1.54, 1.807) is 31.4 Å². The molecule has 0 saturated carbocycles. The number of hydrogen-bond acceptors (Lipinski definition) is 4. The second-order valence-electron chi connectivity index (χ2n) is 8.15. The molecule has 0 radical (unpaired) electrons. The Balaban J connectivity index is 1.48. The van der Waals surface area contributed by atoms with Crippen LogP contribution in [0.3, 0.4) is 0 Å². The Morgan fingerprint density at radius 3 is 2.38 bits per heavy atom. The molecule has 1 aliphatic heterocycles. The van der Waals surface area contributed by atoms with Crippen molar-refractivity contribution in [2.45, 2.75) is 6.54 Å². The van der Waals surface area contributed by atoms with Gasteiger partial charge in [0.25, 0.3) is 5.91 Å². The molecule has 6 heteroatoms. The van der Waals surface area contributed by atoms with Crippen LogP contribution in [0.4, 0.5) is 5.69 Å². The molecule has 0 atom stereocenters. The Labute approximate surface area is 194 Å². The van der Waals surface area contributed by atoms with E-state index in [1.807, 2.05) is 30.3 Å². The highest BCUT2D eigenvalue weighted by Gasteiger charge is 2.16. The summed E-state index contributed by atoms with van der Waals surface area (Å²) in [7, 11) is 3.89. The number of hydrogen-bond donors (Lipinski definition) is 1. The molecule has 166 valence electrons. The van der Waals surface area contributed by atoms with Crippen LogP contribution in [0.25, 0.3) is 11.1 Å². The fourth-order valence-electron chi connectivity index (χ4n) is 3.91. The van der Waals surface area contributed by atoms with Crippen LogP contribution >= 0.6 is 11.6 Å². The third-order valence-corrected chi connectivity index (χ3v) is 6.07. The van der Waals surface area contributed by atoms with Crippen molar-refractivity contribution in [1.82, 2.24) is 9.80 Å². The van der Waals surface area contributed by atoms with E-state index >= 15 is 0 Å². The zero-order valence-electron chi connectivity index (χ0n) is 18.5.